The molecule has 1 fully saturated rings. The van der Waals surface area contributed by atoms with Crippen molar-refractivity contribution >= 4 is 21.4 Å². The van der Waals surface area contributed by atoms with Crippen molar-refractivity contribution in [3.05, 3.63) is 34.2 Å². The van der Waals surface area contributed by atoms with Crippen LogP contribution in [0.4, 0.5) is 0 Å². The molecule has 0 nitrogen and oxygen atoms in total. The fourth-order valence-electron chi connectivity index (χ4n) is 4.07. The Morgan fingerprint density at radius 1 is 1.29 bits per heavy atom. The maximum atomic E-state index is 2.46. The van der Waals surface area contributed by atoms with E-state index in [0.29, 0.717) is 5.41 Å². The van der Waals surface area contributed by atoms with Crippen molar-refractivity contribution in [1.29, 1.82) is 0 Å². The minimum atomic E-state index is 0.546. The minimum absolute atomic E-state index is 0.546. The predicted molar refractivity (Wildman–Crippen MR) is 74.9 cm³/mol. The second kappa shape index (κ2) is 2.95. The fraction of sp³-hybridized carbons (Fsp3) is 0.500. The summed E-state index contributed by atoms with van der Waals surface area (Å²) in [6, 6.07) is 4.76. The van der Waals surface area contributed by atoms with Gasteiger partial charge in [-0.25, -0.2) is 0 Å². The van der Waals surface area contributed by atoms with Crippen LogP contribution in [0.25, 0.3) is 10.1 Å². The van der Waals surface area contributed by atoms with Gasteiger partial charge in [0.25, 0.3) is 0 Å². The Morgan fingerprint density at radius 3 is 2.88 bits per heavy atom. The molecule has 17 heavy (non-hydrogen) atoms. The maximum absolute atomic E-state index is 2.46. The van der Waals surface area contributed by atoms with Crippen LogP contribution in [-0.4, -0.2) is 0 Å². The summed E-state index contributed by atoms with van der Waals surface area (Å²) in [5.74, 6) is 1.74. The topological polar surface area (TPSA) is 0 Å². The molecule has 3 aliphatic carbocycles. The zero-order valence-electron chi connectivity index (χ0n) is 10.7. The van der Waals surface area contributed by atoms with Gasteiger partial charge >= 0.3 is 0 Å². The lowest BCUT2D eigenvalue weighted by Crippen LogP contribution is -2.48. The van der Waals surface area contributed by atoms with Crippen LogP contribution < -0.4 is 0 Å². The summed E-state index contributed by atoms with van der Waals surface area (Å²) in [7, 11) is 0. The van der Waals surface area contributed by atoms with Crippen LogP contribution in [0, 0.1) is 18.3 Å². The first-order valence-corrected chi connectivity index (χ1v) is 7.46. The number of rotatable bonds is 0. The van der Waals surface area contributed by atoms with E-state index in [2.05, 4.69) is 38.3 Å². The quantitative estimate of drug-likeness (QED) is 0.616. The Hall–Kier alpha value is -0.820. The van der Waals surface area contributed by atoms with Crippen molar-refractivity contribution in [1.82, 2.24) is 0 Å². The third-order valence-electron chi connectivity index (χ3n) is 5.36. The van der Waals surface area contributed by atoms with E-state index in [1.54, 1.807) is 16.5 Å². The molecule has 1 aromatic heterocycles. The van der Waals surface area contributed by atoms with Gasteiger partial charge in [-0.1, -0.05) is 19.9 Å². The second-order valence-electron chi connectivity index (χ2n) is 6.44. The molecule has 0 N–H and O–H groups in total. The molecular formula is C16H18S. The summed E-state index contributed by atoms with van der Waals surface area (Å²) in [6.45, 7) is 7.18. The summed E-state index contributed by atoms with van der Waals surface area (Å²) in [5.41, 5.74) is 5.37. The van der Waals surface area contributed by atoms with E-state index in [4.69, 9.17) is 0 Å². The maximum Gasteiger partial charge on any atom is 0.0348 e. The fourth-order valence-corrected chi connectivity index (χ4v) is 5.04. The van der Waals surface area contributed by atoms with Gasteiger partial charge in [-0.05, 0) is 70.5 Å². The molecule has 5 rings (SSSR count). The van der Waals surface area contributed by atoms with Crippen LogP contribution in [0.5, 0.6) is 0 Å². The zero-order valence-corrected chi connectivity index (χ0v) is 11.5. The summed E-state index contributed by atoms with van der Waals surface area (Å²) >= 11 is 1.90. The van der Waals surface area contributed by atoms with Crippen LogP contribution in [0.15, 0.2) is 17.5 Å². The van der Waals surface area contributed by atoms with E-state index in [1.165, 1.54) is 23.1 Å². The van der Waals surface area contributed by atoms with Crippen LogP contribution in [0.3, 0.4) is 0 Å². The first kappa shape index (κ1) is 10.1. The molecule has 88 valence electrons. The van der Waals surface area contributed by atoms with Crippen molar-refractivity contribution < 1.29 is 0 Å². The van der Waals surface area contributed by atoms with Crippen molar-refractivity contribution in [3.63, 3.8) is 0 Å². The summed E-state index contributed by atoms with van der Waals surface area (Å²) < 4.78 is 1.49. The van der Waals surface area contributed by atoms with Crippen LogP contribution in [-0.2, 0) is 6.42 Å². The standard InChI is InChI=1S/C16H18S/c1-9-8-17-14-5-4-11-12(15(9)14)6-10-7-13(11)16(10,2)3/h4-5,8,10,13H,6-7H2,1-3H3/t10-,13-/m0/s1. The third kappa shape index (κ3) is 1.09. The molecule has 1 saturated carbocycles. The smallest absolute Gasteiger partial charge is 0.0348 e. The first-order chi connectivity index (χ1) is 8.09. The van der Waals surface area contributed by atoms with E-state index in [1.807, 2.05) is 11.3 Å². The molecule has 2 aromatic rings. The summed E-state index contributed by atoms with van der Waals surface area (Å²) in [6.07, 6.45) is 2.74. The minimum Gasteiger partial charge on any atom is -0.144 e. The highest BCUT2D eigenvalue weighted by Gasteiger charge is 2.52. The highest BCUT2D eigenvalue weighted by molar-refractivity contribution is 7.17. The van der Waals surface area contributed by atoms with Gasteiger partial charge in [-0.15, -0.1) is 11.3 Å². The molecule has 3 aliphatic rings. The lowest BCUT2D eigenvalue weighted by Gasteiger charge is -2.57. The largest absolute Gasteiger partial charge is 0.144 e. The molecule has 2 bridgehead atoms. The van der Waals surface area contributed by atoms with Gasteiger partial charge in [0.2, 0.25) is 0 Å². The Bertz CT molecular complexity index is 618. The number of aryl methyl sites for hydroxylation is 1. The molecule has 0 spiro atoms. The number of hydrogen-bond acceptors (Lipinski definition) is 1. The van der Waals surface area contributed by atoms with Gasteiger partial charge < -0.3 is 0 Å². The molecular weight excluding hydrogens is 224 g/mol. The molecule has 0 aliphatic heterocycles. The predicted octanol–water partition coefficient (Wildman–Crippen LogP) is 4.90. The van der Waals surface area contributed by atoms with Crippen molar-refractivity contribution in [2.45, 2.75) is 39.5 Å². The van der Waals surface area contributed by atoms with Crippen LogP contribution in [0.1, 0.15) is 42.9 Å². The second-order valence-corrected chi connectivity index (χ2v) is 7.35. The Morgan fingerprint density at radius 2 is 2.12 bits per heavy atom. The number of fused-ring (bicyclic) bond motifs is 1. The third-order valence-corrected chi connectivity index (χ3v) is 6.43. The Balaban J connectivity index is 2.03. The lowest BCUT2D eigenvalue weighted by atomic mass is 9.47. The molecule has 0 radical (unpaired) electrons. The van der Waals surface area contributed by atoms with E-state index in [9.17, 15) is 0 Å². The summed E-state index contributed by atoms with van der Waals surface area (Å²) in [5, 5.41) is 3.90. The normalized spacial score (nSPS) is 28.9. The average Bonchev–Trinajstić information content (AvgIpc) is 2.70. The molecule has 1 heteroatoms. The number of hydrogen-bond donors (Lipinski definition) is 0. The number of thiophene rings is 1. The van der Waals surface area contributed by atoms with Crippen LogP contribution in [0.2, 0.25) is 0 Å². The SMILES string of the molecule is Cc1csc2ccc3c(c12)C[C@H]1C[C@@H]3C1(C)C. The van der Waals surface area contributed by atoms with Gasteiger partial charge in [-0.3, -0.25) is 0 Å². The zero-order chi connectivity index (χ0) is 11.8. The molecule has 0 unspecified atom stereocenters. The van der Waals surface area contributed by atoms with Gasteiger partial charge in [0.05, 0.1) is 0 Å². The van der Waals surface area contributed by atoms with Gasteiger partial charge in [0.1, 0.15) is 0 Å². The Kier molecular flexibility index (Phi) is 1.76. The highest BCUT2D eigenvalue weighted by atomic mass is 32.1. The van der Waals surface area contributed by atoms with E-state index < -0.39 is 0 Å². The van der Waals surface area contributed by atoms with E-state index in [-0.39, 0.29) is 0 Å². The van der Waals surface area contributed by atoms with Crippen molar-refractivity contribution in [3.8, 4) is 0 Å². The number of benzene rings is 1. The first-order valence-electron chi connectivity index (χ1n) is 6.58. The van der Waals surface area contributed by atoms with E-state index in [0.717, 1.165) is 11.8 Å². The van der Waals surface area contributed by atoms with Crippen molar-refractivity contribution in [2.24, 2.45) is 11.3 Å². The molecule has 2 atom stereocenters. The van der Waals surface area contributed by atoms with Crippen molar-refractivity contribution in [2.75, 3.05) is 0 Å². The van der Waals surface area contributed by atoms with Gasteiger partial charge in [0, 0.05) is 4.70 Å². The Labute approximate surface area is 107 Å². The molecule has 0 saturated heterocycles. The summed E-state index contributed by atoms with van der Waals surface area (Å²) in [4.78, 5) is 0. The monoisotopic (exact) mass is 242 g/mol. The molecule has 1 heterocycles. The lowest BCUT2D eigenvalue weighted by molar-refractivity contribution is 0.0191. The highest BCUT2D eigenvalue weighted by Crippen LogP contribution is 2.63. The molecule has 0 amide bonds. The van der Waals surface area contributed by atoms with Gasteiger partial charge in [-0.2, -0.15) is 0 Å². The van der Waals surface area contributed by atoms with Crippen LogP contribution >= 0.6 is 11.3 Å². The van der Waals surface area contributed by atoms with E-state index >= 15 is 0 Å². The molecule has 1 aromatic carbocycles. The average molecular weight is 242 g/mol. The van der Waals surface area contributed by atoms with Gasteiger partial charge in [0.15, 0.2) is 0 Å².